The van der Waals surface area contributed by atoms with E-state index >= 15 is 0 Å². The number of nitrogens with zero attached hydrogens (tertiary/aromatic N) is 2. The number of hydrazine groups is 1. The zero-order valence-corrected chi connectivity index (χ0v) is 18.3. The van der Waals surface area contributed by atoms with Crippen molar-refractivity contribution in [1.82, 2.24) is 15.8 Å². The van der Waals surface area contributed by atoms with E-state index < -0.39 is 0 Å². The van der Waals surface area contributed by atoms with Crippen LogP contribution in [0, 0.1) is 6.92 Å². The molecule has 1 aliphatic heterocycles. The third kappa shape index (κ3) is 4.69. The van der Waals surface area contributed by atoms with E-state index in [1.807, 2.05) is 47.4 Å². The molecule has 7 nitrogen and oxygen atoms in total. The van der Waals surface area contributed by atoms with Crippen LogP contribution < -0.4 is 20.5 Å². The first-order valence-corrected chi connectivity index (χ1v) is 10.9. The third-order valence-corrected chi connectivity index (χ3v) is 6.40. The Balaban J connectivity index is 1.37. The number of rotatable bonds is 5. The molecule has 0 radical (unpaired) electrons. The average Bonchev–Trinajstić information content (AvgIpc) is 3.19. The number of hydrogen-bond acceptors (Lipinski definition) is 6. The molecule has 3 aromatic rings. The molecule has 8 heteroatoms. The van der Waals surface area contributed by atoms with Crippen LogP contribution in [0.2, 0.25) is 0 Å². The van der Waals surface area contributed by atoms with E-state index in [4.69, 9.17) is 4.74 Å². The van der Waals surface area contributed by atoms with Gasteiger partial charge < -0.3 is 9.64 Å². The molecule has 1 aliphatic rings. The Kier molecular flexibility index (Phi) is 6.18. The average molecular weight is 437 g/mol. The molecular formula is C23H24N4O3S. The number of nitrogens with one attached hydrogen (secondary N) is 2. The number of thiazole rings is 1. The maximum absolute atomic E-state index is 12.6. The number of ether oxygens (including phenoxy) is 1. The third-order valence-electron chi connectivity index (χ3n) is 5.20. The summed E-state index contributed by atoms with van der Waals surface area (Å²) in [6.07, 6.45) is 2.02. The standard InChI is InChI=1S/C23H24N4O3S/c1-15-21(31-23(24-15)17-9-11-18(30-2)12-10-17)22(29)26-25-20(28)14-27-13-5-7-16-6-3-4-8-19(16)27/h3-4,6,8-12H,5,7,13-14H2,1-2H3,(H,25,28)(H,26,29). The van der Waals surface area contributed by atoms with Crippen LogP contribution in [0.5, 0.6) is 5.75 Å². The van der Waals surface area contributed by atoms with E-state index in [2.05, 4.69) is 21.9 Å². The van der Waals surface area contributed by atoms with Crippen molar-refractivity contribution in [3.8, 4) is 16.3 Å². The second-order valence-corrected chi connectivity index (χ2v) is 8.32. The Morgan fingerprint density at radius 2 is 1.90 bits per heavy atom. The summed E-state index contributed by atoms with van der Waals surface area (Å²) in [4.78, 5) is 32.1. The fourth-order valence-electron chi connectivity index (χ4n) is 3.64. The van der Waals surface area contributed by atoms with Gasteiger partial charge in [-0.05, 0) is 55.7 Å². The summed E-state index contributed by atoms with van der Waals surface area (Å²) in [5.74, 6) is 0.124. The van der Waals surface area contributed by atoms with E-state index in [1.54, 1.807) is 14.0 Å². The predicted octanol–water partition coefficient (Wildman–Crippen LogP) is 3.34. The van der Waals surface area contributed by atoms with Crippen molar-refractivity contribution in [3.63, 3.8) is 0 Å². The smallest absolute Gasteiger partial charge is 0.281 e. The zero-order chi connectivity index (χ0) is 21.8. The highest BCUT2D eigenvalue weighted by molar-refractivity contribution is 7.17. The molecule has 1 aromatic heterocycles. The molecule has 0 bridgehead atoms. The molecule has 0 unspecified atom stereocenters. The second-order valence-electron chi connectivity index (χ2n) is 7.32. The quantitative estimate of drug-likeness (QED) is 0.600. The SMILES string of the molecule is COc1ccc(-c2nc(C)c(C(=O)NNC(=O)CN3CCCc4ccccc43)s2)cc1. The first-order valence-electron chi connectivity index (χ1n) is 10.1. The summed E-state index contributed by atoms with van der Waals surface area (Å²) >= 11 is 1.29. The molecule has 31 heavy (non-hydrogen) atoms. The van der Waals surface area contributed by atoms with Gasteiger partial charge in [0.15, 0.2) is 0 Å². The number of hydrogen-bond donors (Lipinski definition) is 2. The minimum atomic E-state index is -0.373. The molecule has 0 fully saturated rings. The van der Waals surface area contributed by atoms with Gasteiger partial charge in [-0.2, -0.15) is 0 Å². The number of fused-ring (bicyclic) bond motifs is 1. The van der Waals surface area contributed by atoms with Crippen LogP contribution in [-0.4, -0.2) is 37.0 Å². The van der Waals surface area contributed by atoms with Crippen molar-refractivity contribution in [1.29, 1.82) is 0 Å². The normalized spacial score (nSPS) is 12.8. The van der Waals surface area contributed by atoms with Gasteiger partial charge in [-0.25, -0.2) is 4.98 Å². The molecule has 2 heterocycles. The number of aromatic nitrogens is 1. The lowest BCUT2D eigenvalue weighted by atomic mass is 10.0. The lowest BCUT2D eigenvalue weighted by Crippen LogP contribution is -2.47. The topological polar surface area (TPSA) is 83.6 Å². The number of methoxy groups -OCH3 is 1. The Bertz CT molecular complexity index is 1090. The molecule has 2 amide bonds. The first-order chi connectivity index (χ1) is 15.0. The molecule has 0 saturated heterocycles. The van der Waals surface area contributed by atoms with Gasteiger partial charge in [0.25, 0.3) is 11.8 Å². The van der Waals surface area contributed by atoms with Gasteiger partial charge in [0.1, 0.15) is 15.6 Å². The molecule has 2 N–H and O–H groups in total. The minimum Gasteiger partial charge on any atom is -0.497 e. The van der Waals surface area contributed by atoms with E-state index in [9.17, 15) is 9.59 Å². The van der Waals surface area contributed by atoms with Gasteiger partial charge in [0.2, 0.25) is 0 Å². The van der Waals surface area contributed by atoms with Crippen LogP contribution in [0.1, 0.15) is 27.3 Å². The first kappa shape index (κ1) is 20.9. The number of aryl methyl sites for hydroxylation is 2. The van der Waals surface area contributed by atoms with Gasteiger partial charge >= 0.3 is 0 Å². The summed E-state index contributed by atoms with van der Waals surface area (Å²) in [6, 6.07) is 15.6. The monoisotopic (exact) mass is 436 g/mol. The maximum Gasteiger partial charge on any atom is 0.281 e. The minimum absolute atomic E-state index is 0.191. The second kappa shape index (κ2) is 9.18. The zero-order valence-electron chi connectivity index (χ0n) is 17.5. The highest BCUT2D eigenvalue weighted by Gasteiger charge is 2.20. The van der Waals surface area contributed by atoms with E-state index in [0.29, 0.717) is 10.6 Å². The van der Waals surface area contributed by atoms with Crippen LogP contribution in [-0.2, 0) is 11.2 Å². The van der Waals surface area contributed by atoms with Gasteiger partial charge in [-0.1, -0.05) is 18.2 Å². The van der Waals surface area contributed by atoms with Crippen LogP contribution in [0.3, 0.4) is 0 Å². The molecule has 0 aliphatic carbocycles. The van der Waals surface area contributed by atoms with Crippen LogP contribution >= 0.6 is 11.3 Å². The van der Waals surface area contributed by atoms with E-state index in [-0.39, 0.29) is 18.4 Å². The van der Waals surface area contributed by atoms with Gasteiger partial charge in [-0.15, -0.1) is 11.3 Å². The van der Waals surface area contributed by atoms with E-state index in [0.717, 1.165) is 41.4 Å². The van der Waals surface area contributed by atoms with Crippen molar-refractivity contribution < 1.29 is 14.3 Å². The number of para-hydroxylation sites is 1. The van der Waals surface area contributed by atoms with Crippen LogP contribution in [0.15, 0.2) is 48.5 Å². The lowest BCUT2D eigenvalue weighted by Gasteiger charge is -2.30. The Labute approximate surface area is 185 Å². The van der Waals surface area contributed by atoms with Crippen molar-refractivity contribution in [2.75, 3.05) is 25.1 Å². The van der Waals surface area contributed by atoms with Gasteiger partial charge in [0, 0.05) is 17.8 Å². The van der Waals surface area contributed by atoms with Crippen LogP contribution in [0.25, 0.3) is 10.6 Å². The molecule has 160 valence electrons. The molecule has 0 atom stereocenters. The molecular weight excluding hydrogens is 412 g/mol. The fraction of sp³-hybridized carbons (Fsp3) is 0.261. The summed E-state index contributed by atoms with van der Waals surface area (Å²) < 4.78 is 5.18. The number of carbonyl (C=O) groups is 2. The largest absolute Gasteiger partial charge is 0.497 e. The summed E-state index contributed by atoms with van der Waals surface area (Å²) in [7, 11) is 1.61. The number of amides is 2. The van der Waals surface area contributed by atoms with Crippen LogP contribution in [0.4, 0.5) is 5.69 Å². The Morgan fingerprint density at radius 3 is 2.68 bits per heavy atom. The number of carbonyl (C=O) groups excluding carboxylic acids is 2. The summed E-state index contributed by atoms with van der Waals surface area (Å²) in [5, 5.41) is 0.738. The fourth-order valence-corrected chi connectivity index (χ4v) is 4.60. The Hall–Kier alpha value is -3.39. The lowest BCUT2D eigenvalue weighted by molar-refractivity contribution is -0.120. The van der Waals surface area contributed by atoms with Gasteiger partial charge in [-0.3, -0.25) is 20.4 Å². The summed E-state index contributed by atoms with van der Waals surface area (Å²) in [6.45, 7) is 2.79. The molecule has 4 rings (SSSR count). The van der Waals surface area contributed by atoms with Crippen molar-refractivity contribution in [2.24, 2.45) is 0 Å². The van der Waals surface area contributed by atoms with Crippen molar-refractivity contribution in [2.45, 2.75) is 19.8 Å². The van der Waals surface area contributed by atoms with Crippen molar-refractivity contribution >= 4 is 28.8 Å². The molecule has 0 saturated carbocycles. The number of benzene rings is 2. The van der Waals surface area contributed by atoms with Crippen molar-refractivity contribution in [3.05, 3.63) is 64.7 Å². The summed E-state index contributed by atoms with van der Waals surface area (Å²) in [5.41, 5.74) is 8.90. The molecule has 2 aromatic carbocycles. The van der Waals surface area contributed by atoms with E-state index in [1.165, 1.54) is 16.9 Å². The predicted molar refractivity (Wildman–Crippen MR) is 121 cm³/mol. The molecule has 0 spiro atoms. The number of anilines is 1. The van der Waals surface area contributed by atoms with Gasteiger partial charge in [0.05, 0.1) is 19.3 Å². The highest BCUT2D eigenvalue weighted by atomic mass is 32.1. The highest BCUT2D eigenvalue weighted by Crippen LogP contribution is 2.29. The maximum atomic E-state index is 12.6. The Morgan fingerprint density at radius 1 is 1.13 bits per heavy atom.